The molecule has 0 atom stereocenters. The second kappa shape index (κ2) is 4.35. The largest absolute Gasteiger partial charge is 0.297 e. The predicted molar refractivity (Wildman–Crippen MR) is 67.2 cm³/mol. The first-order valence-corrected chi connectivity index (χ1v) is 6.90. The first-order valence-electron chi connectivity index (χ1n) is 5.59. The third-order valence-corrected chi connectivity index (χ3v) is 4.25. The molecule has 1 fully saturated rings. The number of imidazole rings is 1. The van der Waals surface area contributed by atoms with Gasteiger partial charge in [0.05, 0.1) is 5.69 Å². The minimum atomic E-state index is 0.377. The molecule has 0 saturated carbocycles. The van der Waals surface area contributed by atoms with Gasteiger partial charge in [-0.15, -0.1) is 22.9 Å². The molecule has 2 aromatic rings. The molecule has 0 amide bonds. The van der Waals surface area contributed by atoms with Crippen molar-refractivity contribution in [3.05, 3.63) is 23.5 Å². The zero-order valence-corrected chi connectivity index (χ0v) is 10.5. The van der Waals surface area contributed by atoms with Gasteiger partial charge in [-0.1, -0.05) is 0 Å². The fourth-order valence-corrected chi connectivity index (χ4v) is 3.06. The summed E-state index contributed by atoms with van der Waals surface area (Å²) in [6.45, 7) is 3.15. The van der Waals surface area contributed by atoms with Crippen LogP contribution in [0, 0.1) is 0 Å². The van der Waals surface area contributed by atoms with E-state index in [0.717, 1.165) is 37.4 Å². The standard InChI is InChI=1S/C11H14ClN3S/c12-9-1-3-14(4-2-9)7-10-8-15-5-6-16-11(15)13-10/h5-6,8-9H,1-4,7H2. The molecule has 1 saturated heterocycles. The lowest BCUT2D eigenvalue weighted by molar-refractivity contribution is 0.221. The summed E-state index contributed by atoms with van der Waals surface area (Å²) in [5, 5.41) is 2.44. The van der Waals surface area contributed by atoms with Gasteiger partial charge in [0.1, 0.15) is 0 Å². The van der Waals surface area contributed by atoms with E-state index in [4.69, 9.17) is 11.6 Å². The Morgan fingerprint density at radius 3 is 3.00 bits per heavy atom. The fourth-order valence-electron chi connectivity index (χ4n) is 2.14. The molecule has 0 radical (unpaired) electrons. The van der Waals surface area contributed by atoms with Crippen LogP contribution in [0.25, 0.3) is 4.96 Å². The van der Waals surface area contributed by atoms with Gasteiger partial charge in [-0.25, -0.2) is 4.98 Å². The number of likely N-dealkylation sites (tertiary alicyclic amines) is 1. The van der Waals surface area contributed by atoms with Crippen molar-refractivity contribution in [2.75, 3.05) is 13.1 Å². The number of hydrogen-bond acceptors (Lipinski definition) is 3. The number of piperidine rings is 1. The normalized spacial score (nSPS) is 19.6. The van der Waals surface area contributed by atoms with Crippen LogP contribution in [0.1, 0.15) is 18.5 Å². The molecule has 0 aliphatic carbocycles. The van der Waals surface area contributed by atoms with Crippen LogP contribution in [-0.4, -0.2) is 32.8 Å². The summed E-state index contributed by atoms with van der Waals surface area (Å²) < 4.78 is 2.09. The van der Waals surface area contributed by atoms with Crippen LogP contribution in [0.5, 0.6) is 0 Å². The number of halogens is 1. The second-order valence-corrected chi connectivity index (χ2v) is 5.77. The van der Waals surface area contributed by atoms with E-state index >= 15 is 0 Å². The molecule has 3 rings (SSSR count). The molecule has 86 valence electrons. The first kappa shape index (κ1) is 10.6. The first-order chi connectivity index (χ1) is 7.81. The van der Waals surface area contributed by atoms with Crippen LogP contribution in [0.3, 0.4) is 0 Å². The van der Waals surface area contributed by atoms with Crippen LogP contribution < -0.4 is 0 Å². The van der Waals surface area contributed by atoms with Crippen LogP contribution in [0.2, 0.25) is 0 Å². The summed E-state index contributed by atoms with van der Waals surface area (Å²) in [6.07, 6.45) is 6.38. The third-order valence-electron chi connectivity index (χ3n) is 3.05. The number of rotatable bonds is 2. The molecule has 2 aromatic heterocycles. The van der Waals surface area contributed by atoms with Gasteiger partial charge in [-0.3, -0.25) is 9.30 Å². The molecule has 1 aliphatic heterocycles. The highest BCUT2D eigenvalue weighted by Crippen LogP contribution is 2.18. The molecule has 0 unspecified atom stereocenters. The van der Waals surface area contributed by atoms with Gasteiger partial charge in [0.25, 0.3) is 0 Å². The highest BCUT2D eigenvalue weighted by molar-refractivity contribution is 7.15. The average molecular weight is 256 g/mol. The highest BCUT2D eigenvalue weighted by atomic mass is 35.5. The molecule has 0 spiro atoms. The fraction of sp³-hybridized carbons (Fsp3) is 0.545. The molecular weight excluding hydrogens is 242 g/mol. The Kier molecular flexibility index (Phi) is 2.88. The number of alkyl halides is 1. The second-order valence-electron chi connectivity index (χ2n) is 4.28. The quantitative estimate of drug-likeness (QED) is 0.769. The maximum absolute atomic E-state index is 6.09. The van der Waals surface area contributed by atoms with Crippen LogP contribution in [-0.2, 0) is 6.54 Å². The number of fused-ring (bicyclic) bond motifs is 1. The Bertz CT molecular complexity index is 442. The predicted octanol–water partition coefficient (Wildman–Crippen LogP) is 2.60. The maximum Gasteiger partial charge on any atom is 0.193 e. The smallest absolute Gasteiger partial charge is 0.193 e. The van der Waals surface area contributed by atoms with Gasteiger partial charge in [0, 0.05) is 29.7 Å². The van der Waals surface area contributed by atoms with E-state index in [1.165, 1.54) is 5.69 Å². The van der Waals surface area contributed by atoms with Crippen molar-refractivity contribution in [1.82, 2.24) is 14.3 Å². The molecule has 0 N–H and O–H groups in total. The minimum absolute atomic E-state index is 0.377. The number of thiazole rings is 1. The van der Waals surface area contributed by atoms with Gasteiger partial charge in [-0.2, -0.15) is 0 Å². The van der Waals surface area contributed by atoms with E-state index < -0.39 is 0 Å². The van der Waals surface area contributed by atoms with E-state index in [1.807, 2.05) is 0 Å². The summed E-state index contributed by atoms with van der Waals surface area (Å²) in [4.78, 5) is 8.11. The summed E-state index contributed by atoms with van der Waals surface area (Å²) in [6, 6.07) is 0. The Labute approximate surface area is 104 Å². The molecule has 0 aromatic carbocycles. The minimum Gasteiger partial charge on any atom is -0.297 e. The van der Waals surface area contributed by atoms with Crippen LogP contribution in [0.15, 0.2) is 17.8 Å². The molecule has 5 heteroatoms. The Morgan fingerprint density at radius 2 is 2.25 bits per heavy atom. The van der Waals surface area contributed by atoms with Crippen LogP contribution in [0.4, 0.5) is 0 Å². The van der Waals surface area contributed by atoms with Gasteiger partial charge >= 0.3 is 0 Å². The van der Waals surface area contributed by atoms with Crippen molar-refractivity contribution in [3.8, 4) is 0 Å². The van der Waals surface area contributed by atoms with E-state index in [0.29, 0.717) is 5.38 Å². The topological polar surface area (TPSA) is 20.5 Å². The lowest BCUT2D eigenvalue weighted by Crippen LogP contribution is -2.33. The van der Waals surface area contributed by atoms with Crippen molar-refractivity contribution in [3.63, 3.8) is 0 Å². The molecule has 1 aliphatic rings. The summed E-state index contributed by atoms with van der Waals surface area (Å²) in [7, 11) is 0. The Morgan fingerprint density at radius 1 is 1.44 bits per heavy atom. The average Bonchev–Trinajstić information content (AvgIpc) is 2.81. The van der Waals surface area contributed by atoms with Gasteiger partial charge < -0.3 is 0 Å². The SMILES string of the molecule is ClC1CCN(Cc2cn3ccsc3n2)CC1. The monoisotopic (exact) mass is 255 g/mol. The number of aromatic nitrogens is 2. The molecule has 3 nitrogen and oxygen atoms in total. The van der Waals surface area contributed by atoms with E-state index in [-0.39, 0.29) is 0 Å². The van der Waals surface area contributed by atoms with E-state index in [2.05, 4.69) is 32.1 Å². The van der Waals surface area contributed by atoms with E-state index in [9.17, 15) is 0 Å². The summed E-state index contributed by atoms with van der Waals surface area (Å²) in [5.41, 5.74) is 1.17. The van der Waals surface area contributed by atoms with E-state index in [1.54, 1.807) is 11.3 Å². The summed E-state index contributed by atoms with van der Waals surface area (Å²) >= 11 is 7.77. The number of hydrogen-bond donors (Lipinski definition) is 0. The highest BCUT2D eigenvalue weighted by Gasteiger charge is 2.17. The van der Waals surface area contributed by atoms with Gasteiger partial charge in [0.2, 0.25) is 0 Å². The lowest BCUT2D eigenvalue weighted by atomic mass is 10.1. The van der Waals surface area contributed by atoms with Crippen molar-refractivity contribution in [1.29, 1.82) is 0 Å². The zero-order chi connectivity index (χ0) is 11.0. The van der Waals surface area contributed by atoms with Crippen molar-refractivity contribution in [2.24, 2.45) is 0 Å². The van der Waals surface area contributed by atoms with Crippen molar-refractivity contribution < 1.29 is 0 Å². The Hall–Kier alpha value is -0.580. The van der Waals surface area contributed by atoms with Crippen LogP contribution >= 0.6 is 22.9 Å². The zero-order valence-electron chi connectivity index (χ0n) is 8.97. The van der Waals surface area contributed by atoms with Gasteiger partial charge in [-0.05, 0) is 25.9 Å². The molecule has 3 heterocycles. The van der Waals surface area contributed by atoms with Gasteiger partial charge in [0.15, 0.2) is 4.96 Å². The lowest BCUT2D eigenvalue weighted by Gasteiger charge is -2.28. The van der Waals surface area contributed by atoms with Crippen molar-refractivity contribution >= 4 is 27.9 Å². The van der Waals surface area contributed by atoms with Crippen molar-refractivity contribution in [2.45, 2.75) is 24.8 Å². The third kappa shape index (κ3) is 2.10. The molecule has 0 bridgehead atoms. The number of nitrogens with zero attached hydrogens (tertiary/aromatic N) is 3. The maximum atomic E-state index is 6.09. The summed E-state index contributed by atoms with van der Waals surface area (Å²) in [5.74, 6) is 0. The molecular formula is C11H14ClN3S. The molecule has 16 heavy (non-hydrogen) atoms. The Balaban J connectivity index is 1.68.